The van der Waals surface area contributed by atoms with Gasteiger partial charge in [0.05, 0.1) is 18.1 Å². The molecule has 0 radical (unpaired) electrons. The summed E-state index contributed by atoms with van der Waals surface area (Å²) >= 11 is 6.00. The zero-order valence-corrected chi connectivity index (χ0v) is 14.0. The summed E-state index contributed by atoms with van der Waals surface area (Å²) in [6.07, 6.45) is 4.95. The van der Waals surface area contributed by atoms with Crippen LogP contribution in [-0.4, -0.2) is 30.6 Å². The predicted octanol–water partition coefficient (Wildman–Crippen LogP) is 2.93. The molecule has 6 heteroatoms. The maximum atomic E-state index is 12.0. The van der Waals surface area contributed by atoms with Crippen molar-refractivity contribution >= 4 is 29.9 Å². The second kappa shape index (κ2) is 8.04. The Morgan fingerprint density at radius 3 is 2.64 bits per heavy atom. The van der Waals surface area contributed by atoms with Crippen LogP contribution in [0.15, 0.2) is 24.3 Å². The fraction of sp³-hybridized carbons (Fsp3) is 0.562. The summed E-state index contributed by atoms with van der Waals surface area (Å²) in [5.41, 5.74) is 0. The molecule has 0 spiro atoms. The summed E-state index contributed by atoms with van der Waals surface area (Å²) in [6.45, 7) is 0.355. The lowest BCUT2D eigenvalue weighted by molar-refractivity contribution is -0.122. The van der Waals surface area contributed by atoms with Crippen molar-refractivity contribution < 1.29 is 9.53 Å². The van der Waals surface area contributed by atoms with Crippen molar-refractivity contribution in [2.75, 3.05) is 6.61 Å². The van der Waals surface area contributed by atoms with E-state index in [1.54, 1.807) is 6.07 Å². The third-order valence-electron chi connectivity index (χ3n) is 4.26. The lowest BCUT2D eigenvalue weighted by Crippen LogP contribution is -2.48. The number of hydrogen-bond donors (Lipinski definition) is 2. The Morgan fingerprint density at radius 1 is 1.27 bits per heavy atom. The molecule has 2 aliphatic heterocycles. The lowest BCUT2D eigenvalue weighted by Gasteiger charge is -2.29. The molecule has 1 amide bonds. The van der Waals surface area contributed by atoms with E-state index in [1.807, 2.05) is 18.2 Å². The second-order valence-corrected chi connectivity index (χ2v) is 6.31. The average molecular weight is 345 g/mol. The molecule has 2 N–H and O–H groups in total. The van der Waals surface area contributed by atoms with Gasteiger partial charge in [-0.25, -0.2) is 0 Å². The maximum Gasteiger partial charge on any atom is 0.223 e. The van der Waals surface area contributed by atoms with Crippen molar-refractivity contribution in [1.29, 1.82) is 0 Å². The predicted molar refractivity (Wildman–Crippen MR) is 89.9 cm³/mol. The van der Waals surface area contributed by atoms with Crippen LogP contribution >= 0.6 is 24.0 Å². The van der Waals surface area contributed by atoms with E-state index >= 15 is 0 Å². The van der Waals surface area contributed by atoms with Gasteiger partial charge in [0.25, 0.3) is 0 Å². The number of rotatable bonds is 5. The molecule has 2 bridgehead atoms. The van der Waals surface area contributed by atoms with Crippen LogP contribution in [0.2, 0.25) is 5.02 Å². The van der Waals surface area contributed by atoms with E-state index in [0.29, 0.717) is 41.9 Å². The normalized spacial score (nSPS) is 26.1. The first-order valence-electron chi connectivity index (χ1n) is 7.63. The number of hydrogen-bond acceptors (Lipinski definition) is 3. The van der Waals surface area contributed by atoms with E-state index in [-0.39, 0.29) is 18.3 Å². The Balaban J connectivity index is 0.00000176. The summed E-state index contributed by atoms with van der Waals surface area (Å²) in [6, 6.07) is 8.81. The number of carbonyl (C=O) groups is 1. The van der Waals surface area contributed by atoms with E-state index in [9.17, 15) is 4.79 Å². The van der Waals surface area contributed by atoms with Gasteiger partial charge in [-0.05, 0) is 37.8 Å². The van der Waals surface area contributed by atoms with E-state index in [1.165, 1.54) is 12.8 Å². The van der Waals surface area contributed by atoms with Gasteiger partial charge in [-0.3, -0.25) is 4.79 Å². The Bertz CT molecular complexity index is 501. The summed E-state index contributed by atoms with van der Waals surface area (Å²) in [5.74, 6) is 0.695. The molecule has 1 aromatic carbocycles. The van der Waals surface area contributed by atoms with E-state index in [4.69, 9.17) is 16.3 Å². The smallest absolute Gasteiger partial charge is 0.223 e. The van der Waals surface area contributed by atoms with Gasteiger partial charge in [-0.1, -0.05) is 23.7 Å². The van der Waals surface area contributed by atoms with Crippen LogP contribution in [0.3, 0.4) is 0 Å². The summed E-state index contributed by atoms with van der Waals surface area (Å²) < 4.78 is 5.55. The Hall–Kier alpha value is -0.970. The van der Waals surface area contributed by atoms with Crippen molar-refractivity contribution in [1.82, 2.24) is 10.6 Å². The van der Waals surface area contributed by atoms with Gasteiger partial charge in [0.2, 0.25) is 5.91 Å². The maximum absolute atomic E-state index is 12.0. The van der Waals surface area contributed by atoms with Crippen LogP contribution < -0.4 is 15.4 Å². The van der Waals surface area contributed by atoms with Crippen LogP contribution in [0.1, 0.15) is 32.1 Å². The molecule has 0 aliphatic carbocycles. The van der Waals surface area contributed by atoms with Crippen molar-refractivity contribution in [3.63, 3.8) is 0 Å². The van der Waals surface area contributed by atoms with Gasteiger partial charge >= 0.3 is 0 Å². The van der Waals surface area contributed by atoms with E-state index < -0.39 is 0 Å². The summed E-state index contributed by atoms with van der Waals surface area (Å²) in [4.78, 5) is 12.0. The number of fused-ring (bicyclic) bond motifs is 2. The van der Waals surface area contributed by atoms with Crippen LogP contribution in [-0.2, 0) is 4.79 Å². The van der Waals surface area contributed by atoms with E-state index in [2.05, 4.69) is 10.6 Å². The minimum absolute atomic E-state index is 0. The molecule has 2 atom stereocenters. The van der Waals surface area contributed by atoms with Crippen molar-refractivity contribution in [3.8, 4) is 5.75 Å². The standard InChI is InChI=1S/C16H21ClN2O2.ClH/c17-14-3-1-2-4-15(14)21-8-7-16(20)19-13-9-11-5-6-12(10-13)18-11;/h1-4,11-13,18H,5-10H2,(H,19,20);1H. The minimum Gasteiger partial charge on any atom is -0.491 e. The average Bonchev–Trinajstić information content (AvgIpc) is 2.80. The van der Waals surface area contributed by atoms with Gasteiger partial charge in [0.15, 0.2) is 0 Å². The highest BCUT2D eigenvalue weighted by Crippen LogP contribution is 2.27. The fourth-order valence-electron chi connectivity index (χ4n) is 3.29. The Labute approximate surface area is 142 Å². The minimum atomic E-state index is 0. The number of benzene rings is 1. The first-order chi connectivity index (χ1) is 10.2. The molecule has 0 aromatic heterocycles. The van der Waals surface area contributed by atoms with E-state index in [0.717, 1.165) is 12.8 Å². The molecule has 2 saturated heterocycles. The van der Waals surface area contributed by atoms with Crippen LogP contribution in [0, 0.1) is 0 Å². The molecule has 2 heterocycles. The molecular formula is C16H22Cl2N2O2. The quantitative estimate of drug-likeness (QED) is 0.863. The molecule has 2 unspecified atom stereocenters. The van der Waals surface area contributed by atoms with Gasteiger partial charge in [-0.15, -0.1) is 12.4 Å². The molecule has 2 aliphatic rings. The molecular weight excluding hydrogens is 323 g/mol. The monoisotopic (exact) mass is 344 g/mol. The lowest BCUT2D eigenvalue weighted by atomic mass is 10.00. The van der Waals surface area contributed by atoms with Crippen molar-refractivity contribution in [3.05, 3.63) is 29.3 Å². The molecule has 3 rings (SSSR count). The number of ether oxygens (including phenoxy) is 1. The molecule has 0 saturated carbocycles. The molecule has 1 aromatic rings. The third-order valence-corrected chi connectivity index (χ3v) is 4.57. The summed E-state index contributed by atoms with van der Waals surface area (Å²) in [7, 11) is 0. The SMILES string of the molecule is Cl.O=C(CCOc1ccccc1Cl)NC1CC2CCC(C1)N2. The number of para-hydroxylation sites is 1. The zero-order chi connectivity index (χ0) is 14.7. The second-order valence-electron chi connectivity index (χ2n) is 5.90. The Morgan fingerprint density at radius 2 is 1.95 bits per heavy atom. The number of piperidine rings is 1. The number of nitrogens with one attached hydrogen (secondary N) is 2. The van der Waals surface area contributed by atoms with Gasteiger partial charge in [0, 0.05) is 18.1 Å². The number of halogens is 2. The Kier molecular flexibility index (Phi) is 6.36. The fourth-order valence-corrected chi connectivity index (χ4v) is 3.48. The van der Waals surface area contributed by atoms with Gasteiger partial charge < -0.3 is 15.4 Å². The molecule has 122 valence electrons. The highest BCUT2D eigenvalue weighted by molar-refractivity contribution is 6.32. The van der Waals surface area contributed by atoms with Crippen molar-refractivity contribution in [2.45, 2.75) is 50.2 Å². The topological polar surface area (TPSA) is 50.4 Å². The summed E-state index contributed by atoms with van der Waals surface area (Å²) in [5, 5.41) is 7.28. The highest BCUT2D eigenvalue weighted by Gasteiger charge is 2.33. The van der Waals surface area contributed by atoms with Crippen LogP contribution in [0.25, 0.3) is 0 Å². The van der Waals surface area contributed by atoms with Gasteiger partial charge in [0.1, 0.15) is 5.75 Å². The highest BCUT2D eigenvalue weighted by atomic mass is 35.5. The molecule has 22 heavy (non-hydrogen) atoms. The molecule has 4 nitrogen and oxygen atoms in total. The number of amides is 1. The van der Waals surface area contributed by atoms with Gasteiger partial charge in [-0.2, -0.15) is 0 Å². The first-order valence-corrected chi connectivity index (χ1v) is 8.01. The first kappa shape index (κ1) is 17.4. The van der Waals surface area contributed by atoms with Crippen LogP contribution in [0.5, 0.6) is 5.75 Å². The molecule has 2 fully saturated rings. The largest absolute Gasteiger partial charge is 0.491 e. The van der Waals surface area contributed by atoms with Crippen molar-refractivity contribution in [2.24, 2.45) is 0 Å². The van der Waals surface area contributed by atoms with Crippen LogP contribution in [0.4, 0.5) is 0 Å². The number of carbonyl (C=O) groups excluding carboxylic acids is 1. The third kappa shape index (κ3) is 4.51. The zero-order valence-electron chi connectivity index (χ0n) is 12.4.